The van der Waals surface area contributed by atoms with Gasteiger partial charge in [-0.15, -0.1) is 0 Å². The Morgan fingerprint density at radius 1 is 1.06 bits per heavy atom. The second-order valence-electron chi connectivity index (χ2n) is 7.38. The molecule has 1 N–H and O–H groups in total. The van der Waals surface area contributed by atoms with E-state index in [0.29, 0.717) is 30.2 Å². The van der Waals surface area contributed by atoms with Gasteiger partial charge in [0.05, 0.1) is 33.0 Å². The smallest absolute Gasteiger partial charge is 0.343 e. The summed E-state index contributed by atoms with van der Waals surface area (Å²) in [6.07, 6.45) is 3.26. The van der Waals surface area contributed by atoms with Crippen molar-refractivity contribution in [2.45, 2.75) is 18.9 Å². The van der Waals surface area contributed by atoms with Gasteiger partial charge in [0.25, 0.3) is 5.91 Å². The van der Waals surface area contributed by atoms with Crippen LogP contribution < -0.4 is 24.3 Å². The van der Waals surface area contributed by atoms with Crippen molar-refractivity contribution < 1.29 is 33.3 Å². The molecule has 1 atom stereocenters. The van der Waals surface area contributed by atoms with Crippen LogP contribution in [0.1, 0.15) is 28.8 Å². The lowest BCUT2D eigenvalue weighted by atomic mass is 10.1. The van der Waals surface area contributed by atoms with Gasteiger partial charge in [-0.25, -0.2) is 4.79 Å². The number of carbonyl (C=O) groups is 2. The van der Waals surface area contributed by atoms with Crippen molar-refractivity contribution in [2.24, 2.45) is 0 Å². The largest absolute Gasteiger partial charge is 0.493 e. The van der Waals surface area contributed by atoms with Crippen molar-refractivity contribution in [3.8, 4) is 29.1 Å². The highest BCUT2D eigenvalue weighted by Crippen LogP contribution is 2.31. The van der Waals surface area contributed by atoms with Crippen molar-refractivity contribution in [1.29, 1.82) is 5.26 Å². The monoisotopic (exact) mass is 466 g/mol. The first kappa shape index (κ1) is 24.6. The number of nitrogens with zero attached hydrogens (tertiary/aromatic N) is 1. The number of ether oxygens (including phenoxy) is 5. The Bertz CT molecular complexity index is 1110. The summed E-state index contributed by atoms with van der Waals surface area (Å²) in [4.78, 5) is 25.0. The van der Waals surface area contributed by atoms with Gasteiger partial charge in [0.15, 0.2) is 23.0 Å². The maximum atomic E-state index is 12.6. The molecule has 1 aliphatic rings. The number of hydrogen-bond donors (Lipinski definition) is 1. The molecule has 1 amide bonds. The Kier molecular flexibility index (Phi) is 8.48. The van der Waals surface area contributed by atoms with Gasteiger partial charge in [0.1, 0.15) is 11.6 Å². The van der Waals surface area contributed by atoms with E-state index in [9.17, 15) is 14.9 Å². The predicted molar refractivity (Wildman–Crippen MR) is 123 cm³/mol. The molecule has 9 heteroatoms. The van der Waals surface area contributed by atoms with Crippen LogP contribution in [0.3, 0.4) is 0 Å². The van der Waals surface area contributed by atoms with Gasteiger partial charge in [0, 0.05) is 13.2 Å². The molecule has 0 spiro atoms. The first-order chi connectivity index (χ1) is 16.5. The number of benzene rings is 2. The fraction of sp³-hybridized carbons (Fsp3) is 0.320. The van der Waals surface area contributed by atoms with Crippen LogP contribution in [-0.4, -0.2) is 52.5 Å². The molecule has 1 saturated heterocycles. The first-order valence-electron chi connectivity index (χ1n) is 10.6. The lowest BCUT2D eigenvalue weighted by Crippen LogP contribution is -2.32. The third-order valence-corrected chi connectivity index (χ3v) is 5.20. The van der Waals surface area contributed by atoms with E-state index in [1.807, 2.05) is 6.07 Å². The van der Waals surface area contributed by atoms with Gasteiger partial charge in [-0.2, -0.15) is 5.26 Å². The maximum Gasteiger partial charge on any atom is 0.343 e. The zero-order chi connectivity index (χ0) is 24.5. The zero-order valence-electron chi connectivity index (χ0n) is 19.3. The van der Waals surface area contributed by atoms with Crippen LogP contribution >= 0.6 is 0 Å². The Hall–Kier alpha value is -4.03. The summed E-state index contributed by atoms with van der Waals surface area (Å²) in [5.41, 5.74) is 0.736. The third kappa shape index (κ3) is 6.05. The van der Waals surface area contributed by atoms with Crippen LogP contribution in [0.5, 0.6) is 23.0 Å². The van der Waals surface area contributed by atoms with Crippen LogP contribution in [0.15, 0.2) is 42.0 Å². The number of nitrogens with one attached hydrogen (secondary N) is 1. The molecule has 2 aromatic carbocycles. The molecule has 1 aliphatic heterocycles. The average molecular weight is 466 g/mol. The topological polar surface area (TPSA) is 116 Å². The van der Waals surface area contributed by atoms with Crippen molar-refractivity contribution in [3.63, 3.8) is 0 Å². The van der Waals surface area contributed by atoms with Gasteiger partial charge in [-0.1, -0.05) is 6.07 Å². The van der Waals surface area contributed by atoms with E-state index in [1.165, 1.54) is 39.5 Å². The molecule has 178 valence electrons. The minimum atomic E-state index is -0.617. The number of methoxy groups -OCH3 is 3. The molecule has 1 fully saturated rings. The molecule has 3 rings (SSSR count). The van der Waals surface area contributed by atoms with E-state index in [2.05, 4.69) is 5.32 Å². The van der Waals surface area contributed by atoms with E-state index in [0.717, 1.165) is 12.8 Å². The molecule has 0 unspecified atom stereocenters. The predicted octanol–water partition coefficient (Wildman–Crippen LogP) is 3.13. The summed E-state index contributed by atoms with van der Waals surface area (Å²) in [7, 11) is 4.40. The summed E-state index contributed by atoms with van der Waals surface area (Å²) < 4.78 is 26.7. The van der Waals surface area contributed by atoms with Gasteiger partial charge in [0.2, 0.25) is 0 Å². The van der Waals surface area contributed by atoms with Gasteiger partial charge in [-0.3, -0.25) is 4.79 Å². The van der Waals surface area contributed by atoms with E-state index < -0.39 is 11.9 Å². The molecule has 1 heterocycles. The van der Waals surface area contributed by atoms with E-state index in [1.54, 1.807) is 24.3 Å². The number of amides is 1. The third-order valence-electron chi connectivity index (χ3n) is 5.20. The molecule has 0 saturated carbocycles. The normalized spacial score (nSPS) is 15.2. The summed E-state index contributed by atoms with van der Waals surface area (Å²) in [6, 6.07) is 11.3. The van der Waals surface area contributed by atoms with Crippen LogP contribution in [0.2, 0.25) is 0 Å². The highest BCUT2D eigenvalue weighted by Gasteiger charge is 2.19. The van der Waals surface area contributed by atoms with E-state index >= 15 is 0 Å². The second kappa shape index (κ2) is 11.7. The van der Waals surface area contributed by atoms with Gasteiger partial charge >= 0.3 is 5.97 Å². The number of hydrogen-bond acceptors (Lipinski definition) is 8. The molecule has 0 aliphatic carbocycles. The first-order valence-corrected chi connectivity index (χ1v) is 10.6. The fourth-order valence-corrected chi connectivity index (χ4v) is 3.40. The summed E-state index contributed by atoms with van der Waals surface area (Å²) in [5, 5.41) is 12.1. The van der Waals surface area contributed by atoms with Crippen molar-refractivity contribution in [2.75, 3.05) is 34.5 Å². The molecule has 0 bridgehead atoms. The molecular weight excluding hydrogens is 440 g/mol. The number of nitriles is 1. The lowest BCUT2D eigenvalue weighted by Gasteiger charge is -2.12. The minimum absolute atomic E-state index is 0.0244. The van der Waals surface area contributed by atoms with Gasteiger partial charge in [-0.05, 0) is 54.8 Å². The molecule has 0 radical (unpaired) electrons. The number of carbonyl (C=O) groups excluding carboxylic acids is 2. The van der Waals surface area contributed by atoms with Crippen LogP contribution in [-0.2, 0) is 9.53 Å². The lowest BCUT2D eigenvalue weighted by molar-refractivity contribution is -0.117. The average Bonchev–Trinajstić information content (AvgIpc) is 3.39. The van der Waals surface area contributed by atoms with E-state index in [4.69, 9.17) is 23.7 Å². The molecule has 0 aromatic heterocycles. The Balaban J connectivity index is 1.73. The standard InChI is InChI=1S/C25H26N2O7/c1-30-20-9-7-17(13-23(20)32-3)25(29)34-21-8-6-16(12-22(21)31-2)11-18(14-26)24(28)27-15-19-5-4-10-33-19/h6-9,11-13,19H,4-5,10,15H2,1-3H3,(H,27,28)/b18-11+/t19-/m0/s1. The highest BCUT2D eigenvalue weighted by molar-refractivity contribution is 6.01. The Labute approximate surface area is 197 Å². The summed E-state index contributed by atoms with van der Waals surface area (Å²) >= 11 is 0. The molecular formula is C25H26N2O7. The Morgan fingerprint density at radius 3 is 2.41 bits per heavy atom. The van der Waals surface area contributed by atoms with Crippen LogP contribution in [0, 0.1) is 11.3 Å². The quantitative estimate of drug-likeness (QED) is 0.259. The SMILES string of the molecule is COc1ccc(C(=O)Oc2ccc(/C=C(\C#N)C(=O)NC[C@@H]3CCCO3)cc2OC)cc1OC. The van der Waals surface area contributed by atoms with Crippen molar-refractivity contribution in [3.05, 3.63) is 53.1 Å². The highest BCUT2D eigenvalue weighted by atomic mass is 16.6. The van der Waals surface area contributed by atoms with Crippen molar-refractivity contribution >= 4 is 18.0 Å². The molecule has 9 nitrogen and oxygen atoms in total. The van der Waals surface area contributed by atoms with E-state index in [-0.39, 0.29) is 28.7 Å². The number of rotatable bonds is 9. The fourth-order valence-electron chi connectivity index (χ4n) is 3.40. The summed E-state index contributed by atoms with van der Waals surface area (Å²) in [5.74, 6) is 0.224. The van der Waals surface area contributed by atoms with Crippen LogP contribution in [0.4, 0.5) is 0 Å². The molecule has 2 aromatic rings. The minimum Gasteiger partial charge on any atom is -0.493 e. The number of esters is 1. The second-order valence-corrected chi connectivity index (χ2v) is 7.38. The zero-order valence-corrected chi connectivity index (χ0v) is 19.3. The maximum absolute atomic E-state index is 12.6. The van der Waals surface area contributed by atoms with Crippen LogP contribution in [0.25, 0.3) is 6.08 Å². The Morgan fingerprint density at radius 2 is 1.76 bits per heavy atom. The van der Waals surface area contributed by atoms with Crippen molar-refractivity contribution in [1.82, 2.24) is 5.32 Å². The van der Waals surface area contributed by atoms with Gasteiger partial charge < -0.3 is 29.0 Å². The summed E-state index contributed by atoms with van der Waals surface area (Å²) in [6.45, 7) is 1.04. The molecule has 34 heavy (non-hydrogen) atoms.